The second-order valence-corrected chi connectivity index (χ2v) is 5.20. The van der Waals surface area contributed by atoms with Crippen molar-refractivity contribution in [3.8, 4) is 0 Å². The van der Waals surface area contributed by atoms with Gasteiger partial charge >= 0.3 is 0 Å². The third kappa shape index (κ3) is 3.58. The Labute approximate surface area is 84.8 Å². The Morgan fingerprint density at radius 1 is 1.25 bits per heavy atom. The third-order valence-corrected chi connectivity index (χ3v) is 4.09. The molecule has 0 aromatic carbocycles. The lowest BCUT2D eigenvalue weighted by atomic mass is 9.96. The Bertz CT molecular complexity index is 111. The first kappa shape index (κ1) is 10.7. The molecule has 3 heteroatoms. The second-order valence-electron chi connectivity index (χ2n) is 3.34. The first-order valence-corrected chi connectivity index (χ1v) is 7.22. The predicted molar refractivity (Wildman–Crippen MR) is 60.8 cm³/mol. The maximum atomic E-state index is 2.48. The molecule has 0 aromatic heterocycles. The molecule has 0 saturated carbocycles. The maximum absolute atomic E-state index is 2.48. The van der Waals surface area contributed by atoms with Crippen LogP contribution in [-0.4, -0.2) is 35.7 Å². The summed E-state index contributed by atoms with van der Waals surface area (Å²) in [6.45, 7) is 2.61. The molecule has 1 rings (SSSR count). The van der Waals surface area contributed by atoms with Gasteiger partial charge < -0.3 is 0 Å². The molecule has 12 heavy (non-hydrogen) atoms. The summed E-state index contributed by atoms with van der Waals surface area (Å²) in [6.07, 6.45) is 8.66. The number of thioether (sulfide) groups is 1. The van der Waals surface area contributed by atoms with Crippen molar-refractivity contribution in [1.29, 1.82) is 0 Å². The molecular formula is C9H19NS2. The van der Waals surface area contributed by atoms with E-state index in [9.17, 15) is 0 Å². The normalized spacial score (nSPS) is 21.5. The van der Waals surface area contributed by atoms with Gasteiger partial charge in [-0.15, -0.1) is 0 Å². The largest absolute Gasteiger partial charge is 0.251 e. The highest BCUT2D eigenvalue weighted by Crippen LogP contribution is 2.24. The predicted octanol–water partition coefficient (Wildman–Crippen LogP) is 2.73. The van der Waals surface area contributed by atoms with Gasteiger partial charge in [0.2, 0.25) is 0 Å². The number of hydrogen-bond acceptors (Lipinski definition) is 3. The van der Waals surface area contributed by atoms with Gasteiger partial charge in [-0.25, -0.2) is 0 Å². The van der Waals surface area contributed by atoms with Crippen molar-refractivity contribution in [3.05, 3.63) is 0 Å². The lowest BCUT2D eigenvalue weighted by molar-refractivity contribution is 0.288. The number of nitrogens with zero attached hydrogens (tertiary/aromatic N) is 1. The van der Waals surface area contributed by atoms with Crippen molar-refractivity contribution in [2.75, 3.05) is 31.4 Å². The van der Waals surface area contributed by atoms with E-state index in [1.807, 2.05) is 23.7 Å². The monoisotopic (exact) mass is 205 g/mol. The van der Waals surface area contributed by atoms with Crippen LogP contribution in [0.2, 0.25) is 0 Å². The van der Waals surface area contributed by atoms with Crippen molar-refractivity contribution >= 4 is 23.7 Å². The molecule has 1 aliphatic rings. The summed E-state index contributed by atoms with van der Waals surface area (Å²) in [5, 5.41) is 0. The smallest absolute Gasteiger partial charge is 0.00918 e. The summed E-state index contributed by atoms with van der Waals surface area (Å²) >= 11 is 3.88. The van der Waals surface area contributed by atoms with Crippen LogP contribution < -0.4 is 0 Å². The molecule has 1 aliphatic heterocycles. The zero-order chi connectivity index (χ0) is 8.81. The highest BCUT2D eigenvalue weighted by Gasteiger charge is 2.17. The Balaban J connectivity index is 2.09. The lowest BCUT2D eigenvalue weighted by Crippen LogP contribution is -2.28. The van der Waals surface area contributed by atoms with Crippen LogP contribution in [0.1, 0.15) is 19.3 Å². The average molecular weight is 205 g/mol. The van der Waals surface area contributed by atoms with Gasteiger partial charge in [0.15, 0.2) is 0 Å². The maximum Gasteiger partial charge on any atom is 0.00918 e. The second kappa shape index (κ2) is 6.17. The van der Waals surface area contributed by atoms with Crippen LogP contribution in [-0.2, 0) is 0 Å². The Morgan fingerprint density at radius 3 is 2.42 bits per heavy atom. The van der Waals surface area contributed by atoms with Gasteiger partial charge in [-0.2, -0.15) is 11.8 Å². The van der Waals surface area contributed by atoms with E-state index >= 15 is 0 Å². The molecule has 0 radical (unpaired) electrons. The molecule has 0 atom stereocenters. The SMILES string of the molecule is CSCCC1CCN(SC)CC1. The fourth-order valence-electron chi connectivity index (χ4n) is 1.67. The molecule has 0 spiro atoms. The van der Waals surface area contributed by atoms with Gasteiger partial charge in [0.25, 0.3) is 0 Å². The summed E-state index contributed by atoms with van der Waals surface area (Å²) in [5.74, 6) is 2.37. The minimum atomic E-state index is 1.01. The highest BCUT2D eigenvalue weighted by molar-refractivity contribution is 7.98. The van der Waals surface area contributed by atoms with Gasteiger partial charge in [0.1, 0.15) is 0 Å². The lowest BCUT2D eigenvalue weighted by Gasteiger charge is -2.29. The van der Waals surface area contributed by atoms with Crippen LogP contribution in [0.4, 0.5) is 0 Å². The molecule has 0 unspecified atom stereocenters. The van der Waals surface area contributed by atoms with E-state index in [2.05, 4.69) is 16.8 Å². The highest BCUT2D eigenvalue weighted by atomic mass is 32.2. The van der Waals surface area contributed by atoms with Crippen molar-refractivity contribution in [2.24, 2.45) is 5.92 Å². The molecule has 72 valence electrons. The average Bonchev–Trinajstić information content (AvgIpc) is 2.15. The van der Waals surface area contributed by atoms with Crippen LogP contribution in [0, 0.1) is 5.92 Å². The van der Waals surface area contributed by atoms with Crippen LogP contribution >= 0.6 is 23.7 Å². The minimum absolute atomic E-state index is 1.01. The van der Waals surface area contributed by atoms with Gasteiger partial charge in [-0.05, 0) is 43.4 Å². The summed E-state index contributed by atoms with van der Waals surface area (Å²) in [4.78, 5) is 0. The van der Waals surface area contributed by atoms with E-state index < -0.39 is 0 Å². The molecule has 0 aromatic rings. The fraction of sp³-hybridized carbons (Fsp3) is 1.00. The Kier molecular flexibility index (Phi) is 5.52. The third-order valence-electron chi connectivity index (χ3n) is 2.56. The van der Waals surface area contributed by atoms with E-state index in [0.717, 1.165) is 5.92 Å². The molecule has 1 saturated heterocycles. The number of piperidine rings is 1. The van der Waals surface area contributed by atoms with Crippen molar-refractivity contribution < 1.29 is 0 Å². The van der Waals surface area contributed by atoms with Gasteiger partial charge in [-0.3, -0.25) is 4.31 Å². The molecule has 1 heterocycles. The quantitative estimate of drug-likeness (QED) is 0.650. The fourth-order valence-corrected chi connectivity index (χ4v) is 2.81. The molecular weight excluding hydrogens is 186 g/mol. The summed E-state index contributed by atoms with van der Waals surface area (Å²) < 4.78 is 2.48. The van der Waals surface area contributed by atoms with Crippen LogP contribution in [0.3, 0.4) is 0 Å². The zero-order valence-corrected chi connectivity index (χ0v) is 9.72. The molecule has 1 nitrogen and oxygen atoms in total. The number of hydrogen-bond donors (Lipinski definition) is 0. The van der Waals surface area contributed by atoms with Crippen molar-refractivity contribution in [2.45, 2.75) is 19.3 Å². The summed E-state index contributed by atoms with van der Waals surface area (Å²) in [5.41, 5.74) is 0. The topological polar surface area (TPSA) is 3.24 Å². The van der Waals surface area contributed by atoms with Crippen LogP contribution in [0.25, 0.3) is 0 Å². The molecule has 0 amide bonds. The van der Waals surface area contributed by atoms with E-state index in [0.29, 0.717) is 0 Å². The van der Waals surface area contributed by atoms with Crippen molar-refractivity contribution in [3.63, 3.8) is 0 Å². The summed E-state index contributed by atoms with van der Waals surface area (Å²) in [7, 11) is 0. The zero-order valence-electron chi connectivity index (χ0n) is 8.08. The summed E-state index contributed by atoms with van der Waals surface area (Å²) in [6, 6.07) is 0. The Hall–Kier alpha value is 0.660. The van der Waals surface area contributed by atoms with Crippen LogP contribution in [0.5, 0.6) is 0 Å². The molecule has 0 bridgehead atoms. The van der Waals surface area contributed by atoms with E-state index in [1.165, 1.54) is 38.1 Å². The van der Waals surface area contributed by atoms with Crippen molar-refractivity contribution in [1.82, 2.24) is 4.31 Å². The first-order chi connectivity index (χ1) is 5.86. The minimum Gasteiger partial charge on any atom is -0.251 e. The van der Waals surface area contributed by atoms with Crippen LogP contribution in [0.15, 0.2) is 0 Å². The standard InChI is InChI=1S/C9H19NS2/c1-11-8-5-9-3-6-10(12-2)7-4-9/h9H,3-8H2,1-2H3. The molecule has 0 N–H and O–H groups in total. The van der Waals surface area contributed by atoms with Gasteiger partial charge in [-0.1, -0.05) is 11.9 Å². The van der Waals surface area contributed by atoms with Gasteiger partial charge in [0, 0.05) is 13.1 Å². The van der Waals surface area contributed by atoms with E-state index in [-0.39, 0.29) is 0 Å². The molecule has 1 fully saturated rings. The van der Waals surface area contributed by atoms with Gasteiger partial charge in [0.05, 0.1) is 0 Å². The molecule has 0 aliphatic carbocycles. The first-order valence-electron chi connectivity index (χ1n) is 4.64. The van der Waals surface area contributed by atoms with E-state index in [4.69, 9.17) is 0 Å². The Morgan fingerprint density at radius 2 is 1.92 bits per heavy atom. The van der Waals surface area contributed by atoms with E-state index in [1.54, 1.807) is 0 Å². The number of rotatable bonds is 4.